The second-order valence-electron chi connectivity index (χ2n) is 4.66. The molecular weight excluding hydrogens is 256 g/mol. The second kappa shape index (κ2) is 4.95. The van der Waals surface area contributed by atoms with Crippen molar-refractivity contribution in [3.8, 4) is 0 Å². The number of benzene rings is 1. The number of carbonyl (C=O) groups excluding carboxylic acids is 1. The third kappa shape index (κ3) is 2.43. The van der Waals surface area contributed by atoms with E-state index in [0.29, 0.717) is 6.42 Å². The Kier molecular flexibility index (Phi) is 3.50. The number of carboxylic acids is 1. The lowest BCUT2D eigenvalue weighted by Gasteiger charge is -2.35. The highest BCUT2D eigenvalue weighted by molar-refractivity contribution is 6.02. The quantitative estimate of drug-likeness (QED) is 0.819. The molecule has 0 radical (unpaired) electrons. The summed E-state index contributed by atoms with van der Waals surface area (Å²) in [7, 11) is 0. The van der Waals surface area contributed by atoms with Crippen LogP contribution in [0.5, 0.6) is 0 Å². The van der Waals surface area contributed by atoms with Crippen LogP contribution in [0, 0.1) is 17.0 Å². The van der Waals surface area contributed by atoms with Gasteiger partial charge in [-0.15, -0.1) is 0 Å². The van der Waals surface area contributed by atoms with Crippen LogP contribution in [0.25, 0.3) is 0 Å². The van der Waals surface area contributed by atoms with Gasteiger partial charge < -0.3 is 10.4 Å². The van der Waals surface area contributed by atoms with Crippen molar-refractivity contribution >= 4 is 11.9 Å². The molecule has 1 aromatic rings. The molecule has 6 heteroatoms. The molecule has 0 aromatic heterocycles. The summed E-state index contributed by atoms with van der Waals surface area (Å²) in [6, 6.07) is 2.92. The molecule has 102 valence electrons. The van der Waals surface area contributed by atoms with Gasteiger partial charge in [0, 0.05) is 12.1 Å². The number of hydrogen-bond donors (Lipinski definition) is 2. The molecule has 0 atom stereocenters. The Morgan fingerprint density at radius 1 is 1.32 bits per heavy atom. The van der Waals surface area contributed by atoms with Crippen molar-refractivity contribution in [1.29, 1.82) is 0 Å². The maximum Gasteiger partial charge on any atom is 0.319 e. The molecule has 0 bridgehead atoms. The molecule has 0 unspecified atom stereocenters. The topological polar surface area (TPSA) is 66.4 Å². The summed E-state index contributed by atoms with van der Waals surface area (Å²) in [5, 5.41) is 11.4. The first kappa shape index (κ1) is 13.5. The molecule has 0 heterocycles. The minimum absolute atomic E-state index is 0.00628. The number of carbonyl (C=O) groups is 2. The molecule has 0 spiro atoms. The smallest absolute Gasteiger partial charge is 0.319 e. The number of nitrogens with one attached hydrogen (secondary N) is 1. The summed E-state index contributed by atoms with van der Waals surface area (Å²) in [6.45, 7) is -0.225. The van der Waals surface area contributed by atoms with Crippen molar-refractivity contribution in [2.45, 2.75) is 25.8 Å². The fourth-order valence-corrected chi connectivity index (χ4v) is 2.09. The Morgan fingerprint density at radius 2 is 2.00 bits per heavy atom. The molecule has 1 fully saturated rings. The molecule has 2 N–H and O–H groups in total. The Morgan fingerprint density at radius 3 is 2.53 bits per heavy atom. The number of amides is 1. The summed E-state index contributed by atoms with van der Waals surface area (Å²) in [6.07, 6.45) is 1.23. The molecule has 2 rings (SSSR count). The van der Waals surface area contributed by atoms with Crippen molar-refractivity contribution in [2.75, 3.05) is 0 Å². The van der Waals surface area contributed by atoms with Crippen molar-refractivity contribution in [3.05, 3.63) is 35.4 Å². The van der Waals surface area contributed by atoms with Crippen LogP contribution in [0.2, 0.25) is 0 Å². The van der Waals surface area contributed by atoms with E-state index >= 15 is 0 Å². The zero-order chi connectivity index (χ0) is 14.0. The zero-order valence-electron chi connectivity index (χ0n) is 10.1. The van der Waals surface area contributed by atoms with Gasteiger partial charge in [0.2, 0.25) is 5.91 Å². The van der Waals surface area contributed by atoms with E-state index < -0.39 is 28.9 Å². The standard InChI is InChI=1S/C13H13F2NO3/c14-9-2-3-10(15)8(6-9)7-16-11(17)13(12(18)19)4-1-5-13/h2-3,6H,1,4-5,7H2,(H,16,17)(H,18,19). The Balaban J connectivity index is 2.04. The van der Waals surface area contributed by atoms with Crippen LogP contribution in [-0.4, -0.2) is 17.0 Å². The number of aliphatic carboxylic acids is 1. The molecule has 0 saturated heterocycles. The van der Waals surface area contributed by atoms with E-state index in [1.54, 1.807) is 0 Å². The van der Waals surface area contributed by atoms with Gasteiger partial charge in [0.1, 0.15) is 17.0 Å². The molecule has 19 heavy (non-hydrogen) atoms. The lowest BCUT2D eigenvalue weighted by Crippen LogP contribution is -2.50. The normalized spacial score (nSPS) is 16.5. The predicted molar refractivity (Wildman–Crippen MR) is 62.1 cm³/mol. The molecular formula is C13H13F2NO3. The fraction of sp³-hybridized carbons (Fsp3) is 0.385. The van der Waals surface area contributed by atoms with E-state index in [0.717, 1.165) is 18.2 Å². The van der Waals surface area contributed by atoms with E-state index in [1.165, 1.54) is 0 Å². The van der Waals surface area contributed by atoms with E-state index in [2.05, 4.69) is 5.32 Å². The monoisotopic (exact) mass is 269 g/mol. The summed E-state index contributed by atoms with van der Waals surface area (Å²) < 4.78 is 26.3. The SMILES string of the molecule is O=C(O)C1(C(=O)NCc2cc(F)ccc2F)CCC1. The van der Waals surface area contributed by atoms with Gasteiger partial charge in [-0.25, -0.2) is 8.78 Å². The zero-order valence-corrected chi connectivity index (χ0v) is 10.1. The van der Waals surface area contributed by atoms with Crippen LogP contribution in [0.15, 0.2) is 18.2 Å². The highest BCUT2D eigenvalue weighted by Crippen LogP contribution is 2.41. The van der Waals surface area contributed by atoms with Crippen molar-refractivity contribution in [1.82, 2.24) is 5.32 Å². The van der Waals surface area contributed by atoms with Gasteiger partial charge in [-0.05, 0) is 31.0 Å². The summed E-state index contributed by atoms with van der Waals surface area (Å²) >= 11 is 0. The maximum atomic E-state index is 13.3. The minimum atomic E-state index is -1.40. The molecule has 1 saturated carbocycles. The van der Waals surface area contributed by atoms with Crippen LogP contribution in [0.3, 0.4) is 0 Å². The molecule has 0 aliphatic heterocycles. The highest BCUT2D eigenvalue weighted by atomic mass is 19.1. The average Bonchev–Trinajstić information content (AvgIpc) is 2.28. The summed E-state index contributed by atoms with van der Waals surface area (Å²) in [5.41, 5.74) is -1.41. The number of rotatable bonds is 4. The lowest BCUT2D eigenvalue weighted by molar-refractivity contribution is -0.162. The minimum Gasteiger partial charge on any atom is -0.480 e. The van der Waals surface area contributed by atoms with Gasteiger partial charge in [0.15, 0.2) is 0 Å². The Labute approximate surface area is 108 Å². The van der Waals surface area contributed by atoms with Crippen LogP contribution in [0.4, 0.5) is 8.78 Å². The molecule has 1 aromatic carbocycles. The van der Waals surface area contributed by atoms with Crippen LogP contribution >= 0.6 is 0 Å². The van der Waals surface area contributed by atoms with E-state index in [9.17, 15) is 18.4 Å². The van der Waals surface area contributed by atoms with Crippen molar-refractivity contribution in [3.63, 3.8) is 0 Å². The Hall–Kier alpha value is -1.98. The van der Waals surface area contributed by atoms with Gasteiger partial charge in [0.25, 0.3) is 0 Å². The van der Waals surface area contributed by atoms with Gasteiger partial charge in [-0.1, -0.05) is 6.42 Å². The molecule has 1 aliphatic carbocycles. The van der Waals surface area contributed by atoms with Crippen molar-refractivity contribution < 1.29 is 23.5 Å². The van der Waals surface area contributed by atoms with Crippen LogP contribution < -0.4 is 5.32 Å². The fourth-order valence-electron chi connectivity index (χ4n) is 2.09. The molecule has 4 nitrogen and oxygen atoms in total. The third-order valence-corrected chi connectivity index (χ3v) is 3.50. The predicted octanol–water partition coefficient (Wildman–Crippen LogP) is 1.84. The maximum absolute atomic E-state index is 13.3. The van der Waals surface area contributed by atoms with Crippen LogP contribution in [0.1, 0.15) is 24.8 Å². The third-order valence-electron chi connectivity index (χ3n) is 3.50. The number of carboxylic acid groups (broad SMARTS) is 1. The average molecular weight is 269 g/mol. The first-order chi connectivity index (χ1) is 8.95. The lowest BCUT2D eigenvalue weighted by atomic mass is 9.68. The number of hydrogen-bond acceptors (Lipinski definition) is 2. The largest absolute Gasteiger partial charge is 0.480 e. The van der Waals surface area contributed by atoms with Gasteiger partial charge in [0.05, 0.1) is 0 Å². The second-order valence-corrected chi connectivity index (χ2v) is 4.66. The van der Waals surface area contributed by atoms with E-state index in [4.69, 9.17) is 5.11 Å². The molecule has 1 aliphatic rings. The summed E-state index contributed by atoms with van der Waals surface area (Å²) in [5.74, 6) is -3.06. The first-order valence-corrected chi connectivity index (χ1v) is 5.91. The van der Waals surface area contributed by atoms with Crippen molar-refractivity contribution in [2.24, 2.45) is 5.41 Å². The van der Waals surface area contributed by atoms with E-state index in [-0.39, 0.29) is 24.9 Å². The number of halogens is 2. The summed E-state index contributed by atoms with van der Waals surface area (Å²) in [4.78, 5) is 22.9. The van der Waals surface area contributed by atoms with Crippen LogP contribution in [-0.2, 0) is 16.1 Å². The first-order valence-electron chi connectivity index (χ1n) is 5.91. The van der Waals surface area contributed by atoms with Gasteiger partial charge in [-0.2, -0.15) is 0 Å². The van der Waals surface area contributed by atoms with Gasteiger partial charge >= 0.3 is 5.97 Å². The molecule has 1 amide bonds. The van der Waals surface area contributed by atoms with Gasteiger partial charge in [-0.3, -0.25) is 9.59 Å². The highest BCUT2D eigenvalue weighted by Gasteiger charge is 2.51. The Bertz CT molecular complexity index is 527. The van der Waals surface area contributed by atoms with E-state index in [1.807, 2.05) is 0 Å².